The zero-order chi connectivity index (χ0) is 14.9. The average Bonchev–Trinajstić information content (AvgIpc) is 2.51. The van der Waals surface area contributed by atoms with Crippen LogP contribution >= 0.6 is 11.8 Å². The van der Waals surface area contributed by atoms with Gasteiger partial charge in [-0.2, -0.15) is 0 Å². The molecule has 0 aromatic heterocycles. The molecule has 3 aliphatic rings. The van der Waals surface area contributed by atoms with E-state index in [4.69, 9.17) is 19.7 Å². The third-order valence-electron chi connectivity index (χ3n) is 4.53. The number of aliphatic hydroxyl groups is 1. The summed E-state index contributed by atoms with van der Waals surface area (Å²) < 4.78 is 18.0. The van der Waals surface area contributed by atoms with Gasteiger partial charge in [0.05, 0.1) is 12.6 Å². The second-order valence-corrected chi connectivity index (χ2v) is 6.77. The number of aliphatic hydroxyl groups excluding tert-OH is 1. The predicted octanol–water partition coefficient (Wildman–Crippen LogP) is 2.19. The van der Waals surface area contributed by atoms with Gasteiger partial charge < -0.3 is 19.3 Å². The molecule has 8 heteroatoms. The van der Waals surface area contributed by atoms with Crippen molar-refractivity contribution in [1.29, 1.82) is 0 Å². The molecule has 118 valence electrons. The van der Waals surface area contributed by atoms with E-state index < -0.39 is 29.5 Å². The number of azide groups is 1. The maximum Gasteiger partial charge on any atom is 0.168 e. The van der Waals surface area contributed by atoms with Crippen LogP contribution in [0.25, 0.3) is 10.4 Å². The highest BCUT2D eigenvalue weighted by Gasteiger charge is 2.52. The molecule has 2 unspecified atom stereocenters. The Morgan fingerprint density at radius 3 is 2.76 bits per heavy atom. The molecule has 0 aromatic carbocycles. The van der Waals surface area contributed by atoms with Gasteiger partial charge >= 0.3 is 0 Å². The van der Waals surface area contributed by atoms with Gasteiger partial charge in [-0.3, -0.25) is 0 Å². The normalized spacial score (nSPS) is 42.1. The van der Waals surface area contributed by atoms with E-state index in [2.05, 4.69) is 10.0 Å². The van der Waals surface area contributed by atoms with Crippen LogP contribution in [0.4, 0.5) is 0 Å². The van der Waals surface area contributed by atoms with E-state index in [0.29, 0.717) is 6.61 Å². The first-order valence-electron chi connectivity index (χ1n) is 7.41. The maximum atomic E-state index is 10.4. The fourth-order valence-electron chi connectivity index (χ4n) is 3.44. The van der Waals surface area contributed by atoms with Crippen LogP contribution in [0.1, 0.15) is 32.1 Å². The molecule has 7 nitrogen and oxygen atoms in total. The van der Waals surface area contributed by atoms with Gasteiger partial charge in [0, 0.05) is 17.8 Å². The Balaban J connectivity index is 1.81. The van der Waals surface area contributed by atoms with Crippen LogP contribution in [0.2, 0.25) is 0 Å². The zero-order valence-electron chi connectivity index (χ0n) is 12.1. The van der Waals surface area contributed by atoms with Crippen LogP contribution in [0.5, 0.6) is 0 Å². The summed E-state index contributed by atoms with van der Waals surface area (Å²) in [7, 11) is 0. The SMILES string of the molecule is CS[C@@H]1OC2COC3(CCCCC3)O[C@H]2[C@H](N=[N+]=[N-])C1O. The smallest absolute Gasteiger partial charge is 0.168 e. The highest BCUT2D eigenvalue weighted by atomic mass is 32.2. The number of thioether (sulfide) groups is 1. The van der Waals surface area contributed by atoms with E-state index >= 15 is 0 Å². The molecule has 2 aliphatic heterocycles. The first kappa shape index (κ1) is 15.4. The Bertz CT molecular complexity index is 426. The number of fused-ring (bicyclic) bond motifs is 1. The lowest BCUT2D eigenvalue weighted by Gasteiger charge is -2.51. The first-order chi connectivity index (χ1) is 10.2. The summed E-state index contributed by atoms with van der Waals surface area (Å²) in [6.07, 6.45) is 5.28. The predicted molar refractivity (Wildman–Crippen MR) is 77.8 cm³/mol. The summed E-state index contributed by atoms with van der Waals surface area (Å²) in [4.78, 5) is 2.88. The lowest BCUT2D eigenvalue weighted by Crippen LogP contribution is -2.64. The average molecular weight is 315 g/mol. The van der Waals surface area contributed by atoms with Crippen LogP contribution in [-0.4, -0.2) is 53.5 Å². The van der Waals surface area contributed by atoms with Gasteiger partial charge in [-0.05, 0) is 24.6 Å². The molecule has 0 aromatic rings. The number of hydrogen-bond donors (Lipinski definition) is 1. The van der Waals surface area contributed by atoms with Gasteiger partial charge in [0.25, 0.3) is 0 Å². The quantitative estimate of drug-likeness (QED) is 0.478. The van der Waals surface area contributed by atoms with Crippen LogP contribution in [-0.2, 0) is 14.2 Å². The fourth-order valence-corrected chi connectivity index (χ4v) is 4.14. The number of ether oxygens (including phenoxy) is 3. The van der Waals surface area contributed by atoms with Gasteiger partial charge in [-0.25, -0.2) is 0 Å². The Hall–Kier alpha value is -0.500. The molecule has 5 atom stereocenters. The maximum absolute atomic E-state index is 10.4. The van der Waals surface area contributed by atoms with Crippen LogP contribution in [0.15, 0.2) is 5.11 Å². The molecule has 1 aliphatic carbocycles. The summed E-state index contributed by atoms with van der Waals surface area (Å²) >= 11 is 1.40. The minimum absolute atomic E-state index is 0.297. The van der Waals surface area contributed by atoms with Gasteiger partial charge in [-0.1, -0.05) is 11.5 Å². The van der Waals surface area contributed by atoms with Gasteiger partial charge in [0.15, 0.2) is 5.79 Å². The minimum Gasteiger partial charge on any atom is -0.389 e. The van der Waals surface area contributed by atoms with Crippen LogP contribution < -0.4 is 0 Å². The standard InChI is InChI=1S/C13H21N3O4S/c1-21-12-10(17)9(15-16-14)11-8(19-12)7-18-13(20-11)5-3-2-4-6-13/h8-12,17H,2-7H2,1H3/t8?,9-,10?,11-,12+/m1/s1. The number of rotatable bonds is 2. The third-order valence-corrected chi connectivity index (χ3v) is 5.39. The van der Waals surface area contributed by atoms with Crippen molar-refractivity contribution in [3.8, 4) is 0 Å². The molecule has 0 bridgehead atoms. The molecule has 0 radical (unpaired) electrons. The lowest BCUT2D eigenvalue weighted by molar-refractivity contribution is -0.355. The van der Waals surface area contributed by atoms with Crippen molar-refractivity contribution >= 4 is 11.8 Å². The molecule has 2 saturated heterocycles. The van der Waals surface area contributed by atoms with Crippen molar-refractivity contribution in [2.45, 2.75) is 67.7 Å². The van der Waals surface area contributed by atoms with Crippen LogP contribution in [0.3, 0.4) is 0 Å². The Morgan fingerprint density at radius 2 is 2.10 bits per heavy atom. The van der Waals surface area contributed by atoms with Crippen molar-refractivity contribution in [2.24, 2.45) is 5.11 Å². The van der Waals surface area contributed by atoms with Gasteiger partial charge in [0.1, 0.15) is 23.7 Å². The van der Waals surface area contributed by atoms with E-state index in [-0.39, 0.29) is 6.10 Å². The molecule has 1 spiro atoms. The van der Waals surface area contributed by atoms with Crippen molar-refractivity contribution in [3.63, 3.8) is 0 Å². The Kier molecular flexibility index (Phi) is 4.63. The Labute approximate surface area is 127 Å². The van der Waals surface area contributed by atoms with E-state index in [1.165, 1.54) is 18.2 Å². The van der Waals surface area contributed by atoms with Gasteiger partial charge in [-0.15, -0.1) is 11.8 Å². The Morgan fingerprint density at radius 1 is 1.33 bits per heavy atom. The van der Waals surface area contributed by atoms with E-state index in [0.717, 1.165) is 25.7 Å². The first-order valence-corrected chi connectivity index (χ1v) is 8.70. The van der Waals surface area contributed by atoms with Crippen molar-refractivity contribution in [3.05, 3.63) is 10.4 Å². The molecular weight excluding hydrogens is 294 g/mol. The molecule has 3 rings (SSSR count). The molecule has 0 amide bonds. The molecular formula is C13H21N3O4S. The molecule has 1 N–H and O–H groups in total. The summed E-state index contributed by atoms with van der Waals surface area (Å²) in [5.74, 6) is -0.585. The van der Waals surface area contributed by atoms with E-state index in [1.54, 1.807) is 0 Å². The van der Waals surface area contributed by atoms with Crippen molar-refractivity contribution in [1.82, 2.24) is 0 Å². The summed E-state index contributed by atoms with van der Waals surface area (Å²) in [5.41, 5.74) is 8.38. The molecule has 21 heavy (non-hydrogen) atoms. The van der Waals surface area contributed by atoms with E-state index in [1.807, 2.05) is 6.26 Å². The second-order valence-electron chi connectivity index (χ2n) is 5.83. The monoisotopic (exact) mass is 315 g/mol. The number of nitrogens with zero attached hydrogens (tertiary/aromatic N) is 3. The second kappa shape index (κ2) is 6.32. The van der Waals surface area contributed by atoms with Crippen LogP contribution in [0, 0.1) is 0 Å². The highest BCUT2D eigenvalue weighted by molar-refractivity contribution is 7.99. The van der Waals surface area contributed by atoms with Crippen molar-refractivity contribution in [2.75, 3.05) is 12.9 Å². The van der Waals surface area contributed by atoms with E-state index in [9.17, 15) is 5.11 Å². The largest absolute Gasteiger partial charge is 0.389 e. The molecule has 2 heterocycles. The lowest BCUT2D eigenvalue weighted by atomic mass is 9.90. The third kappa shape index (κ3) is 2.88. The molecule has 3 fully saturated rings. The van der Waals surface area contributed by atoms with Crippen molar-refractivity contribution < 1.29 is 19.3 Å². The number of hydrogen-bond acceptors (Lipinski definition) is 6. The summed E-state index contributed by atoms with van der Waals surface area (Å²) in [6, 6.07) is -0.631. The van der Waals surface area contributed by atoms with Gasteiger partial charge in [0.2, 0.25) is 0 Å². The topological polar surface area (TPSA) is 96.7 Å². The summed E-state index contributed by atoms with van der Waals surface area (Å²) in [6.45, 7) is 0.423. The molecule has 1 saturated carbocycles. The minimum atomic E-state index is -0.865. The fraction of sp³-hybridized carbons (Fsp3) is 1.00. The highest BCUT2D eigenvalue weighted by Crippen LogP contribution is 2.42. The summed E-state index contributed by atoms with van der Waals surface area (Å²) in [5, 5.41) is 14.1. The zero-order valence-corrected chi connectivity index (χ0v) is 12.9.